The number of carbonyl (C=O) groups excluding carboxylic acids is 1. The van der Waals surface area contributed by atoms with Crippen LogP contribution in [0.1, 0.15) is 13.8 Å². The zero-order chi connectivity index (χ0) is 22.1. The Morgan fingerprint density at radius 1 is 1.00 bits per heavy atom. The average molecular weight is 441 g/mol. The van der Waals surface area contributed by atoms with Crippen molar-refractivity contribution < 1.29 is 23.1 Å². The van der Waals surface area contributed by atoms with Crippen LogP contribution in [0.5, 0.6) is 5.75 Å². The van der Waals surface area contributed by atoms with Crippen LogP contribution in [-0.4, -0.2) is 18.7 Å². The third-order valence-electron chi connectivity index (χ3n) is 4.63. The largest absolute Gasteiger partial charge is 0.479 e. The van der Waals surface area contributed by atoms with Crippen LogP contribution in [0.15, 0.2) is 67.0 Å². The molecule has 0 aliphatic rings. The molecule has 4 rings (SSSR count). The Morgan fingerprint density at radius 2 is 1.81 bits per heavy atom. The highest BCUT2D eigenvalue weighted by molar-refractivity contribution is 6.31. The first-order valence-corrected chi connectivity index (χ1v) is 9.88. The van der Waals surface area contributed by atoms with Crippen molar-refractivity contribution in [3.8, 4) is 16.9 Å². The molecule has 2 aromatic carbocycles. The van der Waals surface area contributed by atoms with E-state index >= 15 is 0 Å². The average Bonchev–Trinajstić information content (AvgIpc) is 2.73. The summed E-state index contributed by atoms with van der Waals surface area (Å²) >= 11 is 6.05. The second kappa shape index (κ2) is 8.28. The van der Waals surface area contributed by atoms with Crippen LogP contribution in [0.3, 0.4) is 0 Å². The number of fused-ring (bicyclic) bond motifs is 2. The number of rotatable bonds is 5. The molecule has 0 N–H and O–H groups in total. The fraction of sp³-hybridized carbons (Fsp3) is 0.174. The summed E-state index contributed by atoms with van der Waals surface area (Å²) in [5.41, 5.74) is -0.120. The molecule has 31 heavy (non-hydrogen) atoms. The predicted octanol–water partition coefficient (Wildman–Crippen LogP) is 4.55. The molecule has 2 heterocycles. The third-order valence-corrected chi connectivity index (χ3v) is 4.87. The van der Waals surface area contributed by atoms with Crippen LogP contribution < -0.4 is 16.0 Å². The number of carbonyl (C=O) groups is 1. The summed E-state index contributed by atoms with van der Waals surface area (Å²) in [5, 5.41) is 1.61. The highest BCUT2D eigenvalue weighted by Crippen LogP contribution is 2.30. The summed E-state index contributed by atoms with van der Waals surface area (Å²) in [4.78, 5) is 36.6. The Balaban J connectivity index is 1.82. The molecule has 0 spiro atoms. The van der Waals surface area contributed by atoms with E-state index in [2.05, 4.69) is 0 Å². The third kappa shape index (κ3) is 4.18. The summed E-state index contributed by atoms with van der Waals surface area (Å²) < 4.78 is 21.2. The molecular formula is C23H17ClO7. The van der Waals surface area contributed by atoms with Crippen LogP contribution in [0, 0.1) is 0 Å². The molecule has 4 aromatic rings. The van der Waals surface area contributed by atoms with E-state index in [-0.39, 0.29) is 17.8 Å². The van der Waals surface area contributed by atoms with Gasteiger partial charge in [-0.3, -0.25) is 0 Å². The van der Waals surface area contributed by atoms with Crippen molar-refractivity contribution in [1.82, 2.24) is 0 Å². The predicted molar refractivity (Wildman–Crippen MR) is 116 cm³/mol. The summed E-state index contributed by atoms with van der Waals surface area (Å²) in [6, 6.07) is 12.5. The van der Waals surface area contributed by atoms with Gasteiger partial charge in [-0.15, -0.1) is 0 Å². The Labute approximate surface area is 180 Å². The molecule has 0 saturated carbocycles. The van der Waals surface area contributed by atoms with Crippen molar-refractivity contribution in [1.29, 1.82) is 0 Å². The number of esters is 1. The van der Waals surface area contributed by atoms with Gasteiger partial charge in [0.2, 0.25) is 0 Å². The molecule has 1 unspecified atom stereocenters. The SMILES string of the molecule is CCOC(=O)C(C)Oc1ccc2c(-c3cc4cc(Cl)ccc4oc3=O)cc(=O)oc2c1. The van der Waals surface area contributed by atoms with E-state index in [4.69, 9.17) is 29.9 Å². The molecule has 7 nitrogen and oxygen atoms in total. The van der Waals surface area contributed by atoms with Gasteiger partial charge in [0.25, 0.3) is 0 Å². The van der Waals surface area contributed by atoms with E-state index < -0.39 is 23.3 Å². The van der Waals surface area contributed by atoms with E-state index in [0.717, 1.165) is 0 Å². The van der Waals surface area contributed by atoms with Gasteiger partial charge < -0.3 is 18.3 Å². The Hall–Kier alpha value is -3.58. The summed E-state index contributed by atoms with van der Waals surface area (Å²) in [7, 11) is 0. The van der Waals surface area contributed by atoms with Gasteiger partial charge in [-0.1, -0.05) is 11.6 Å². The molecule has 0 aliphatic heterocycles. The van der Waals surface area contributed by atoms with Gasteiger partial charge >= 0.3 is 17.2 Å². The van der Waals surface area contributed by atoms with E-state index in [0.29, 0.717) is 32.7 Å². The van der Waals surface area contributed by atoms with Crippen molar-refractivity contribution in [3.63, 3.8) is 0 Å². The van der Waals surface area contributed by atoms with Gasteiger partial charge in [-0.05, 0) is 50.2 Å². The van der Waals surface area contributed by atoms with Crippen molar-refractivity contribution in [2.24, 2.45) is 0 Å². The normalized spacial score (nSPS) is 12.1. The highest BCUT2D eigenvalue weighted by Gasteiger charge is 2.18. The second-order valence-electron chi connectivity index (χ2n) is 6.78. The van der Waals surface area contributed by atoms with Gasteiger partial charge in [-0.2, -0.15) is 0 Å². The van der Waals surface area contributed by atoms with Gasteiger partial charge in [0.1, 0.15) is 16.9 Å². The number of hydrogen-bond acceptors (Lipinski definition) is 7. The quantitative estimate of drug-likeness (QED) is 0.331. The van der Waals surface area contributed by atoms with E-state index in [1.165, 1.54) is 12.1 Å². The van der Waals surface area contributed by atoms with E-state index in [1.54, 1.807) is 50.2 Å². The number of ether oxygens (including phenoxy) is 2. The number of benzene rings is 2. The Kier molecular flexibility index (Phi) is 5.52. The minimum absolute atomic E-state index is 0.196. The lowest BCUT2D eigenvalue weighted by Crippen LogP contribution is -2.26. The van der Waals surface area contributed by atoms with Crippen LogP contribution in [-0.2, 0) is 9.53 Å². The fourth-order valence-corrected chi connectivity index (χ4v) is 3.41. The smallest absolute Gasteiger partial charge is 0.347 e. The molecule has 8 heteroatoms. The maximum atomic E-state index is 12.6. The van der Waals surface area contributed by atoms with Crippen molar-refractivity contribution in [3.05, 3.63) is 74.4 Å². The monoisotopic (exact) mass is 440 g/mol. The minimum Gasteiger partial charge on any atom is -0.479 e. The van der Waals surface area contributed by atoms with Gasteiger partial charge in [0, 0.05) is 33.5 Å². The molecular weight excluding hydrogens is 424 g/mol. The molecule has 1 atom stereocenters. The maximum absolute atomic E-state index is 12.6. The van der Waals surface area contributed by atoms with Gasteiger partial charge in [0.15, 0.2) is 6.10 Å². The molecule has 0 amide bonds. The Morgan fingerprint density at radius 3 is 2.58 bits per heavy atom. The lowest BCUT2D eigenvalue weighted by Gasteiger charge is -2.14. The molecule has 0 bridgehead atoms. The van der Waals surface area contributed by atoms with Crippen LogP contribution in [0.4, 0.5) is 0 Å². The van der Waals surface area contributed by atoms with Crippen LogP contribution in [0.2, 0.25) is 5.02 Å². The molecule has 0 fully saturated rings. The van der Waals surface area contributed by atoms with Gasteiger partial charge in [-0.25, -0.2) is 14.4 Å². The zero-order valence-electron chi connectivity index (χ0n) is 16.6. The van der Waals surface area contributed by atoms with Gasteiger partial charge in [0.05, 0.1) is 12.2 Å². The molecule has 0 aliphatic carbocycles. The van der Waals surface area contributed by atoms with E-state index in [9.17, 15) is 14.4 Å². The topological polar surface area (TPSA) is 96.0 Å². The van der Waals surface area contributed by atoms with Crippen molar-refractivity contribution in [2.45, 2.75) is 20.0 Å². The fourth-order valence-electron chi connectivity index (χ4n) is 3.23. The molecule has 2 aromatic heterocycles. The highest BCUT2D eigenvalue weighted by atomic mass is 35.5. The van der Waals surface area contributed by atoms with Crippen LogP contribution >= 0.6 is 11.6 Å². The van der Waals surface area contributed by atoms with Crippen molar-refractivity contribution in [2.75, 3.05) is 6.61 Å². The summed E-state index contributed by atoms with van der Waals surface area (Å²) in [6.45, 7) is 3.50. The van der Waals surface area contributed by atoms with Crippen LogP contribution in [0.25, 0.3) is 33.1 Å². The second-order valence-corrected chi connectivity index (χ2v) is 7.22. The standard InChI is InChI=1S/C23H17ClO7/c1-3-28-22(26)12(2)29-15-5-6-16-17(11-21(25)30-20(16)10-15)18-9-13-8-14(24)4-7-19(13)31-23(18)27/h4-12H,3H2,1-2H3. The first kappa shape index (κ1) is 20.7. The van der Waals surface area contributed by atoms with Crippen molar-refractivity contribution >= 4 is 39.5 Å². The molecule has 0 radical (unpaired) electrons. The maximum Gasteiger partial charge on any atom is 0.347 e. The first-order chi connectivity index (χ1) is 14.9. The summed E-state index contributed by atoms with van der Waals surface area (Å²) in [6.07, 6.45) is -0.843. The zero-order valence-corrected chi connectivity index (χ0v) is 17.4. The molecule has 158 valence electrons. The lowest BCUT2D eigenvalue weighted by molar-refractivity contribution is -0.150. The molecule has 0 saturated heterocycles. The minimum atomic E-state index is -0.843. The first-order valence-electron chi connectivity index (χ1n) is 9.50. The Bertz CT molecular complexity index is 1420. The van der Waals surface area contributed by atoms with E-state index in [1.807, 2.05) is 0 Å². The number of hydrogen-bond donors (Lipinski definition) is 0. The number of halogens is 1. The summed E-state index contributed by atoms with van der Waals surface area (Å²) in [5.74, 6) is -0.198. The lowest BCUT2D eigenvalue weighted by atomic mass is 10.0.